The Balaban J connectivity index is 2.35. The van der Waals surface area contributed by atoms with Crippen LogP contribution in [0.2, 0.25) is 0 Å². The highest BCUT2D eigenvalue weighted by Gasteiger charge is 2.16. The van der Waals surface area contributed by atoms with Crippen LogP contribution in [0.4, 0.5) is 0 Å². The SMILES string of the molecule is COC(C)(C)CCn1cnc2ccc(I)cc2c1=O. The van der Waals surface area contributed by atoms with Gasteiger partial charge in [0.1, 0.15) is 0 Å². The Morgan fingerprint density at radius 3 is 2.84 bits per heavy atom. The maximum absolute atomic E-state index is 12.4. The van der Waals surface area contributed by atoms with Crippen molar-refractivity contribution < 1.29 is 4.74 Å². The number of halogens is 1. The molecular weight excluding hydrogens is 355 g/mol. The first-order chi connectivity index (χ1) is 8.93. The topological polar surface area (TPSA) is 44.1 Å². The van der Waals surface area contributed by atoms with E-state index in [1.165, 1.54) is 0 Å². The van der Waals surface area contributed by atoms with E-state index in [0.717, 1.165) is 15.5 Å². The van der Waals surface area contributed by atoms with Crippen molar-refractivity contribution in [2.45, 2.75) is 32.4 Å². The summed E-state index contributed by atoms with van der Waals surface area (Å²) in [5.41, 5.74) is 0.516. The summed E-state index contributed by atoms with van der Waals surface area (Å²) < 4.78 is 8.06. The molecule has 0 aliphatic heterocycles. The molecule has 0 bridgehead atoms. The summed E-state index contributed by atoms with van der Waals surface area (Å²) in [5.74, 6) is 0. The molecule has 5 heteroatoms. The molecule has 0 saturated carbocycles. The number of nitrogens with zero attached hydrogens (tertiary/aromatic N) is 2. The molecule has 0 aliphatic carbocycles. The van der Waals surface area contributed by atoms with Gasteiger partial charge in [-0.1, -0.05) is 0 Å². The van der Waals surface area contributed by atoms with Crippen LogP contribution in [-0.4, -0.2) is 22.3 Å². The summed E-state index contributed by atoms with van der Waals surface area (Å²) in [6.07, 6.45) is 2.38. The first-order valence-electron chi connectivity index (χ1n) is 6.13. The van der Waals surface area contributed by atoms with E-state index in [4.69, 9.17) is 4.74 Å². The van der Waals surface area contributed by atoms with Crippen LogP contribution in [0.5, 0.6) is 0 Å². The average molecular weight is 372 g/mol. The van der Waals surface area contributed by atoms with E-state index in [-0.39, 0.29) is 11.2 Å². The lowest BCUT2D eigenvalue weighted by atomic mass is 10.1. The summed E-state index contributed by atoms with van der Waals surface area (Å²) >= 11 is 2.20. The lowest BCUT2D eigenvalue weighted by Crippen LogP contribution is -2.28. The first kappa shape index (κ1) is 14.5. The third kappa shape index (κ3) is 3.33. The summed E-state index contributed by atoms with van der Waals surface area (Å²) in [6.45, 7) is 4.62. The second-order valence-electron chi connectivity index (χ2n) is 5.12. The largest absolute Gasteiger partial charge is 0.379 e. The van der Waals surface area contributed by atoms with Gasteiger partial charge in [-0.15, -0.1) is 0 Å². The van der Waals surface area contributed by atoms with Crippen LogP contribution in [-0.2, 0) is 11.3 Å². The van der Waals surface area contributed by atoms with Gasteiger partial charge < -0.3 is 4.74 Å². The van der Waals surface area contributed by atoms with Gasteiger partial charge in [-0.2, -0.15) is 0 Å². The molecule has 4 nitrogen and oxygen atoms in total. The van der Waals surface area contributed by atoms with Gasteiger partial charge in [0.15, 0.2) is 0 Å². The molecule has 1 aromatic carbocycles. The fraction of sp³-hybridized carbons (Fsp3) is 0.429. The minimum absolute atomic E-state index is 0.00965. The molecule has 0 fully saturated rings. The van der Waals surface area contributed by atoms with Crippen LogP contribution >= 0.6 is 22.6 Å². The Morgan fingerprint density at radius 1 is 1.42 bits per heavy atom. The highest BCUT2D eigenvalue weighted by atomic mass is 127. The number of aryl methyl sites for hydroxylation is 1. The predicted molar refractivity (Wildman–Crippen MR) is 84.4 cm³/mol. The van der Waals surface area contributed by atoms with Gasteiger partial charge in [-0.25, -0.2) is 4.98 Å². The molecule has 1 aromatic heterocycles. The van der Waals surface area contributed by atoms with Crippen molar-refractivity contribution >= 4 is 33.5 Å². The van der Waals surface area contributed by atoms with Crippen LogP contribution in [0, 0.1) is 3.57 Å². The lowest BCUT2D eigenvalue weighted by molar-refractivity contribution is 0.0118. The van der Waals surface area contributed by atoms with Gasteiger partial charge in [-0.3, -0.25) is 9.36 Å². The van der Waals surface area contributed by atoms with E-state index in [1.807, 2.05) is 32.0 Å². The number of methoxy groups -OCH3 is 1. The van der Waals surface area contributed by atoms with Crippen molar-refractivity contribution in [3.63, 3.8) is 0 Å². The molecule has 0 amide bonds. The fourth-order valence-corrected chi connectivity index (χ4v) is 2.27. The standard InChI is InChI=1S/C14H17IN2O2/c1-14(2,19-3)6-7-17-9-16-12-5-4-10(15)8-11(12)13(17)18/h4-5,8-9H,6-7H2,1-3H3. The van der Waals surface area contributed by atoms with Crippen LogP contribution in [0.3, 0.4) is 0 Å². The zero-order chi connectivity index (χ0) is 14.0. The minimum Gasteiger partial charge on any atom is -0.379 e. The van der Waals surface area contributed by atoms with Crippen molar-refractivity contribution in [2.24, 2.45) is 0 Å². The number of fused-ring (bicyclic) bond motifs is 1. The molecule has 0 N–H and O–H groups in total. The van der Waals surface area contributed by atoms with Crippen molar-refractivity contribution in [1.82, 2.24) is 9.55 Å². The molecule has 0 radical (unpaired) electrons. The molecule has 2 rings (SSSR count). The molecule has 0 spiro atoms. The van der Waals surface area contributed by atoms with Crippen molar-refractivity contribution in [1.29, 1.82) is 0 Å². The highest BCUT2D eigenvalue weighted by molar-refractivity contribution is 14.1. The Kier molecular flexibility index (Phi) is 4.25. The molecule has 102 valence electrons. The highest BCUT2D eigenvalue weighted by Crippen LogP contribution is 2.15. The van der Waals surface area contributed by atoms with Crippen molar-refractivity contribution in [3.8, 4) is 0 Å². The fourth-order valence-electron chi connectivity index (χ4n) is 1.78. The summed E-state index contributed by atoms with van der Waals surface area (Å²) in [4.78, 5) is 16.7. The van der Waals surface area contributed by atoms with Crippen molar-refractivity contribution in [3.05, 3.63) is 38.5 Å². The molecule has 0 unspecified atom stereocenters. The third-order valence-electron chi connectivity index (χ3n) is 3.29. The first-order valence-corrected chi connectivity index (χ1v) is 7.21. The van der Waals surface area contributed by atoms with E-state index in [2.05, 4.69) is 27.6 Å². The van der Waals surface area contributed by atoms with Gasteiger partial charge in [-0.05, 0) is 61.1 Å². The molecular formula is C14H17IN2O2. The zero-order valence-corrected chi connectivity index (χ0v) is 13.5. The third-order valence-corrected chi connectivity index (χ3v) is 3.96. The number of hydrogen-bond donors (Lipinski definition) is 0. The van der Waals surface area contributed by atoms with Gasteiger partial charge in [0.05, 0.1) is 22.8 Å². The monoisotopic (exact) mass is 372 g/mol. The van der Waals surface area contributed by atoms with Gasteiger partial charge in [0.25, 0.3) is 5.56 Å². The second-order valence-corrected chi connectivity index (χ2v) is 6.36. The van der Waals surface area contributed by atoms with E-state index in [9.17, 15) is 4.79 Å². The predicted octanol–water partition coefficient (Wildman–Crippen LogP) is 2.82. The van der Waals surface area contributed by atoms with Gasteiger partial charge >= 0.3 is 0 Å². The summed E-state index contributed by atoms with van der Waals surface area (Å²) in [5, 5.41) is 0.671. The van der Waals surface area contributed by atoms with Crippen LogP contribution < -0.4 is 5.56 Å². The number of rotatable bonds is 4. The molecule has 0 atom stereocenters. The maximum Gasteiger partial charge on any atom is 0.261 e. The molecule has 2 aromatic rings. The average Bonchev–Trinajstić information content (AvgIpc) is 2.39. The zero-order valence-electron chi connectivity index (χ0n) is 11.3. The smallest absolute Gasteiger partial charge is 0.261 e. The van der Waals surface area contributed by atoms with Gasteiger partial charge in [0.2, 0.25) is 0 Å². The molecule has 19 heavy (non-hydrogen) atoms. The summed E-state index contributed by atoms with van der Waals surface area (Å²) in [7, 11) is 1.68. The minimum atomic E-state index is -0.237. The number of aromatic nitrogens is 2. The molecule has 0 aliphatic rings. The number of hydrogen-bond acceptors (Lipinski definition) is 3. The van der Waals surface area contributed by atoms with E-state index in [1.54, 1.807) is 18.0 Å². The van der Waals surface area contributed by atoms with Gasteiger partial charge in [0, 0.05) is 17.2 Å². The summed E-state index contributed by atoms with van der Waals surface area (Å²) in [6, 6.07) is 5.71. The molecule has 1 heterocycles. The van der Waals surface area contributed by atoms with Crippen molar-refractivity contribution in [2.75, 3.05) is 7.11 Å². The Hall–Kier alpha value is -0.950. The normalized spacial score (nSPS) is 12.0. The van der Waals surface area contributed by atoms with Crippen LogP contribution in [0.1, 0.15) is 20.3 Å². The lowest BCUT2D eigenvalue weighted by Gasteiger charge is -2.22. The number of ether oxygens (including phenoxy) is 1. The molecule has 0 saturated heterocycles. The Morgan fingerprint density at radius 2 is 2.16 bits per heavy atom. The van der Waals surface area contributed by atoms with E-state index >= 15 is 0 Å². The maximum atomic E-state index is 12.4. The van der Waals surface area contributed by atoms with Crippen LogP contribution in [0.15, 0.2) is 29.3 Å². The Labute approximate surface area is 125 Å². The quantitative estimate of drug-likeness (QED) is 0.776. The number of benzene rings is 1. The second kappa shape index (κ2) is 5.58. The van der Waals surface area contributed by atoms with E-state index in [0.29, 0.717) is 11.9 Å². The Bertz CT molecular complexity index is 649. The van der Waals surface area contributed by atoms with Crippen LogP contribution in [0.25, 0.3) is 10.9 Å². The van der Waals surface area contributed by atoms with E-state index < -0.39 is 0 Å².